The van der Waals surface area contributed by atoms with Gasteiger partial charge in [-0.25, -0.2) is 0 Å². The van der Waals surface area contributed by atoms with Crippen LogP contribution in [-0.4, -0.2) is 47.8 Å². The molecule has 0 bridgehead atoms. The monoisotopic (exact) mass is 252 g/mol. The van der Waals surface area contributed by atoms with Gasteiger partial charge in [0.15, 0.2) is 0 Å². The van der Waals surface area contributed by atoms with Crippen LogP contribution >= 0.6 is 0 Å². The van der Waals surface area contributed by atoms with Crippen molar-refractivity contribution in [3.63, 3.8) is 0 Å². The van der Waals surface area contributed by atoms with E-state index in [9.17, 15) is 9.59 Å². The third-order valence-electron chi connectivity index (χ3n) is 4.25. The SMILES string of the molecule is CCN(CCC1CC1C(=O)N1CCCC1)C(C)=O. The Bertz CT molecular complexity index is 324. The van der Waals surface area contributed by atoms with Crippen LogP contribution in [0, 0.1) is 11.8 Å². The molecule has 0 aromatic heterocycles. The van der Waals surface area contributed by atoms with E-state index in [1.807, 2.05) is 16.7 Å². The Hall–Kier alpha value is -1.06. The van der Waals surface area contributed by atoms with E-state index in [1.54, 1.807) is 6.92 Å². The minimum atomic E-state index is 0.139. The molecule has 0 radical (unpaired) electrons. The van der Waals surface area contributed by atoms with E-state index in [4.69, 9.17) is 0 Å². The fourth-order valence-electron chi connectivity index (χ4n) is 2.90. The minimum Gasteiger partial charge on any atom is -0.343 e. The molecule has 2 amide bonds. The first kappa shape index (κ1) is 13.4. The van der Waals surface area contributed by atoms with Gasteiger partial charge in [-0.05, 0) is 38.5 Å². The van der Waals surface area contributed by atoms with Crippen molar-refractivity contribution in [1.82, 2.24) is 9.80 Å². The number of carbonyl (C=O) groups excluding carboxylic acids is 2. The summed E-state index contributed by atoms with van der Waals surface area (Å²) in [5.74, 6) is 1.28. The summed E-state index contributed by atoms with van der Waals surface area (Å²) in [7, 11) is 0. The molecule has 1 aliphatic heterocycles. The van der Waals surface area contributed by atoms with E-state index in [0.717, 1.165) is 51.9 Å². The molecule has 2 unspecified atom stereocenters. The first-order valence-electron chi connectivity index (χ1n) is 7.17. The van der Waals surface area contributed by atoms with Crippen molar-refractivity contribution in [3.8, 4) is 0 Å². The van der Waals surface area contributed by atoms with Gasteiger partial charge in [-0.1, -0.05) is 0 Å². The maximum absolute atomic E-state index is 12.1. The molecule has 1 aliphatic carbocycles. The Labute approximate surface area is 109 Å². The normalized spacial score (nSPS) is 26.2. The maximum Gasteiger partial charge on any atom is 0.225 e. The van der Waals surface area contributed by atoms with Crippen molar-refractivity contribution in [3.05, 3.63) is 0 Å². The molecule has 2 rings (SSSR count). The zero-order chi connectivity index (χ0) is 13.1. The van der Waals surface area contributed by atoms with Gasteiger partial charge in [-0.3, -0.25) is 9.59 Å². The van der Waals surface area contributed by atoms with Gasteiger partial charge in [0.2, 0.25) is 11.8 Å². The van der Waals surface area contributed by atoms with Crippen LogP contribution in [0.2, 0.25) is 0 Å². The van der Waals surface area contributed by atoms with Crippen molar-refractivity contribution in [2.75, 3.05) is 26.2 Å². The summed E-state index contributed by atoms with van der Waals surface area (Å²) in [6, 6.07) is 0. The summed E-state index contributed by atoms with van der Waals surface area (Å²) in [4.78, 5) is 27.3. The van der Waals surface area contributed by atoms with Crippen LogP contribution in [0.1, 0.15) is 39.5 Å². The van der Waals surface area contributed by atoms with E-state index >= 15 is 0 Å². The Kier molecular flexibility index (Phi) is 4.25. The summed E-state index contributed by atoms with van der Waals surface area (Å²) in [6.45, 7) is 7.10. The summed E-state index contributed by atoms with van der Waals surface area (Å²) >= 11 is 0. The highest BCUT2D eigenvalue weighted by atomic mass is 16.2. The number of nitrogens with zero attached hydrogens (tertiary/aromatic N) is 2. The van der Waals surface area contributed by atoms with Gasteiger partial charge in [0, 0.05) is 39.0 Å². The van der Waals surface area contributed by atoms with Gasteiger partial charge in [0.05, 0.1) is 0 Å². The predicted molar refractivity (Wildman–Crippen MR) is 70.0 cm³/mol. The zero-order valence-electron chi connectivity index (χ0n) is 11.5. The molecule has 4 nitrogen and oxygen atoms in total. The van der Waals surface area contributed by atoms with Crippen LogP contribution in [0.5, 0.6) is 0 Å². The van der Waals surface area contributed by atoms with Crippen molar-refractivity contribution in [2.24, 2.45) is 11.8 Å². The Morgan fingerprint density at radius 1 is 1.28 bits per heavy atom. The highest BCUT2D eigenvalue weighted by Gasteiger charge is 2.44. The molecule has 102 valence electrons. The third-order valence-corrected chi connectivity index (χ3v) is 4.25. The lowest BCUT2D eigenvalue weighted by Gasteiger charge is -2.19. The maximum atomic E-state index is 12.1. The lowest BCUT2D eigenvalue weighted by Crippen LogP contribution is -2.31. The first-order valence-corrected chi connectivity index (χ1v) is 7.17. The van der Waals surface area contributed by atoms with Crippen molar-refractivity contribution in [1.29, 1.82) is 0 Å². The van der Waals surface area contributed by atoms with Gasteiger partial charge in [-0.2, -0.15) is 0 Å². The second-order valence-electron chi connectivity index (χ2n) is 5.52. The standard InChI is InChI=1S/C14H24N2O2/c1-3-15(11(2)17)9-6-12-10-13(12)14(18)16-7-4-5-8-16/h12-13H,3-10H2,1-2H3. The van der Waals surface area contributed by atoms with Crippen LogP contribution < -0.4 is 0 Å². The molecule has 0 aromatic carbocycles. The quantitative estimate of drug-likeness (QED) is 0.744. The molecule has 2 atom stereocenters. The number of likely N-dealkylation sites (tertiary alicyclic amines) is 1. The van der Waals surface area contributed by atoms with Crippen LogP contribution in [0.15, 0.2) is 0 Å². The van der Waals surface area contributed by atoms with Crippen LogP contribution in [0.25, 0.3) is 0 Å². The molecule has 18 heavy (non-hydrogen) atoms. The van der Waals surface area contributed by atoms with Gasteiger partial charge < -0.3 is 9.80 Å². The van der Waals surface area contributed by atoms with Crippen LogP contribution in [0.3, 0.4) is 0 Å². The molecule has 4 heteroatoms. The fraction of sp³-hybridized carbons (Fsp3) is 0.857. The Morgan fingerprint density at radius 2 is 1.94 bits per heavy atom. The van der Waals surface area contributed by atoms with Crippen LogP contribution in [-0.2, 0) is 9.59 Å². The van der Waals surface area contributed by atoms with Crippen molar-refractivity contribution < 1.29 is 9.59 Å². The average molecular weight is 252 g/mol. The molecule has 2 fully saturated rings. The predicted octanol–water partition coefficient (Wildman–Crippen LogP) is 1.50. The molecular weight excluding hydrogens is 228 g/mol. The smallest absolute Gasteiger partial charge is 0.225 e. The van der Waals surface area contributed by atoms with Gasteiger partial charge in [0.1, 0.15) is 0 Å². The average Bonchev–Trinajstić information content (AvgIpc) is 2.90. The van der Waals surface area contributed by atoms with E-state index in [1.165, 1.54) is 0 Å². The number of rotatable bonds is 5. The van der Waals surface area contributed by atoms with Gasteiger partial charge in [0.25, 0.3) is 0 Å². The highest BCUT2D eigenvalue weighted by molar-refractivity contribution is 5.81. The number of hydrogen-bond donors (Lipinski definition) is 0. The van der Waals surface area contributed by atoms with Crippen molar-refractivity contribution >= 4 is 11.8 Å². The molecule has 2 aliphatic rings. The third kappa shape index (κ3) is 3.03. The molecule has 1 saturated heterocycles. The van der Waals surface area contributed by atoms with Gasteiger partial charge in [-0.15, -0.1) is 0 Å². The number of hydrogen-bond acceptors (Lipinski definition) is 2. The molecule has 0 N–H and O–H groups in total. The second-order valence-corrected chi connectivity index (χ2v) is 5.52. The van der Waals surface area contributed by atoms with E-state index in [2.05, 4.69) is 0 Å². The summed E-state index contributed by atoms with van der Waals surface area (Å²) in [5.41, 5.74) is 0. The summed E-state index contributed by atoms with van der Waals surface area (Å²) < 4.78 is 0. The second kappa shape index (κ2) is 5.72. The Morgan fingerprint density at radius 3 is 2.50 bits per heavy atom. The highest BCUT2D eigenvalue weighted by Crippen LogP contribution is 2.43. The molecule has 1 heterocycles. The number of carbonyl (C=O) groups is 2. The van der Waals surface area contributed by atoms with Crippen molar-refractivity contribution in [2.45, 2.75) is 39.5 Å². The van der Waals surface area contributed by atoms with Crippen LogP contribution in [0.4, 0.5) is 0 Å². The molecule has 1 saturated carbocycles. The lowest BCUT2D eigenvalue weighted by molar-refractivity contribution is -0.131. The lowest BCUT2D eigenvalue weighted by atomic mass is 10.2. The minimum absolute atomic E-state index is 0.139. The topological polar surface area (TPSA) is 40.6 Å². The first-order chi connectivity index (χ1) is 8.63. The zero-order valence-corrected chi connectivity index (χ0v) is 11.5. The van der Waals surface area contributed by atoms with E-state index in [-0.39, 0.29) is 11.8 Å². The largest absolute Gasteiger partial charge is 0.343 e. The summed E-state index contributed by atoms with van der Waals surface area (Å²) in [6.07, 6.45) is 4.34. The molecular formula is C14H24N2O2. The van der Waals surface area contributed by atoms with Gasteiger partial charge >= 0.3 is 0 Å². The number of amides is 2. The Balaban J connectivity index is 1.71. The van der Waals surface area contributed by atoms with E-state index in [0.29, 0.717) is 11.8 Å². The molecule has 0 spiro atoms. The molecule has 0 aromatic rings. The van der Waals surface area contributed by atoms with E-state index < -0.39 is 0 Å². The summed E-state index contributed by atoms with van der Waals surface area (Å²) in [5, 5.41) is 0. The fourth-order valence-corrected chi connectivity index (χ4v) is 2.90.